The molecule has 3 aromatic carbocycles. The number of morpholine rings is 1. The summed E-state index contributed by atoms with van der Waals surface area (Å²) in [6, 6.07) is 21.4. The second kappa shape index (κ2) is 8.00. The van der Waals surface area contributed by atoms with E-state index >= 15 is 0 Å². The Hall–Kier alpha value is -3.44. The van der Waals surface area contributed by atoms with Crippen LogP contribution in [0.1, 0.15) is 31.8 Å². The van der Waals surface area contributed by atoms with Crippen molar-refractivity contribution in [2.75, 3.05) is 38.3 Å². The van der Waals surface area contributed by atoms with Gasteiger partial charge in [-0.05, 0) is 41.0 Å². The Bertz CT molecular complexity index is 1150. The van der Waals surface area contributed by atoms with E-state index in [2.05, 4.69) is 29.2 Å². The number of amides is 1. The van der Waals surface area contributed by atoms with E-state index in [4.69, 9.17) is 4.74 Å². The maximum atomic E-state index is 13.0. The van der Waals surface area contributed by atoms with Gasteiger partial charge in [0.15, 0.2) is 5.78 Å². The van der Waals surface area contributed by atoms with E-state index in [1.54, 1.807) is 18.0 Å². The van der Waals surface area contributed by atoms with E-state index in [0.29, 0.717) is 23.2 Å². The lowest BCUT2D eigenvalue weighted by Gasteiger charge is -2.29. The molecule has 1 heterocycles. The van der Waals surface area contributed by atoms with Crippen molar-refractivity contribution in [1.29, 1.82) is 0 Å². The summed E-state index contributed by atoms with van der Waals surface area (Å²) in [5.74, 6) is -0.106. The number of carbonyl (C=O) groups excluding carboxylic acids is 2. The molecule has 31 heavy (non-hydrogen) atoms. The highest BCUT2D eigenvalue weighted by Gasteiger charge is 2.27. The molecule has 5 rings (SSSR count). The molecule has 0 bridgehead atoms. The quantitative estimate of drug-likeness (QED) is 0.508. The van der Waals surface area contributed by atoms with Gasteiger partial charge in [0, 0.05) is 49.1 Å². The third-order valence-electron chi connectivity index (χ3n) is 6.05. The van der Waals surface area contributed by atoms with Crippen molar-refractivity contribution in [3.05, 3.63) is 89.0 Å². The van der Waals surface area contributed by atoms with Crippen LogP contribution in [0, 0.1) is 0 Å². The third-order valence-corrected chi connectivity index (χ3v) is 6.05. The number of hydrogen-bond donors (Lipinski definition) is 0. The molecule has 0 saturated carbocycles. The van der Waals surface area contributed by atoms with E-state index < -0.39 is 0 Å². The fourth-order valence-electron chi connectivity index (χ4n) is 4.36. The molecule has 0 spiro atoms. The number of hydrogen-bond acceptors (Lipinski definition) is 4. The van der Waals surface area contributed by atoms with Crippen LogP contribution in [0.3, 0.4) is 0 Å². The van der Waals surface area contributed by atoms with Gasteiger partial charge < -0.3 is 14.5 Å². The Morgan fingerprint density at radius 1 is 0.903 bits per heavy atom. The number of rotatable bonds is 4. The van der Waals surface area contributed by atoms with Crippen molar-refractivity contribution in [1.82, 2.24) is 4.90 Å². The Morgan fingerprint density at radius 3 is 2.32 bits per heavy atom. The highest BCUT2D eigenvalue weighted by molar-refractivity contribution is 6.22. The van der Waals surface area contributed by atoms with Crippen LogP contribution in [-0.4, -0.2) is 49.9 Å². The minimum absolute atomic E-state index is 0.0124. The molecule has 0 radical (unpaired) electrons. The van der Waals surface area contributed by atoms with Crippen LogP contribution in [0.4, 0.5) is 5.69 Å². The number of ether oxygens (including phenoxy) is 1. The molecule has 3 aromatic rings. The monoisotopic (exact) mass is 412 g/mol. The molecule has 2 aliphatic rings. The van der Waals surface area contributed by atoms with Gasteiger partial charge in [0.2, 0.25) is 0 Å². The van der Waals surface area contributed by atoms with Crippen LogP contribution < -0.4 is 4.90 Å². The summed E-state index contributed by atoms with van der Waals surface area (Å²) in [5, 5.41) is 0. The summed E-state index contributed by atoms with van der Waals surface area (Å²) in [7, 11) is 1.79. The van der Waals surface area contributed by atoms with E-state index in [-0.39, 0.29) is 11.7 Å². The summed E-state index contributed by atoms with van der Waals surface area (Å²) >= 11 is 0. The lowest BCUT2D eigenvalue weighted by molar-refractivity contribution is 0.0785. The van der Waals surface area contributed by atoms with Gasteiger partial charge >= 0.3 is 0 Å². The molecule has 0 aromatic heterocycles. The summed E-state index contributed by atoms with van der Waals surface area (Å²) in [6.45, 7) is 3.82. The minimum atomic E-state index is -0.0937. The second-order valence-electron chi connectivity index (χ2n) is 8.06. The summed E-state index contributed by atoms with van der Waals surface area (Å²) in [4.78, 5) is 29.8. The van der Waals surface area contributed by atoms with Crippen molar-refractivity contribution in [3.63, 3.8) is 0 Å². The first kappa shape index (κ1) is 19.5. The van der Waals surface area contributed by atoms with E-state index in [0.717, 1.165) is 43.0 Å². The van der Waals surface area contributed by atoms with Crippen molar-refractivity contribution >= 4 is 17.4 Å². The molecule has 5 heteroatoms. The third kappa shape index (κ3) is 3.62. The highest BCUT2D eigenvalue weighted by Crippen LogP contribution is 2.36. The van der Waals surface area contributed by atoms with Gasteiger partial charge in [0.1, 0.15) is 0 Å². The van der Waals surface area contributed by atoms with Gasteiger partial charge in [-0.3, -0.25) is 9.59 Å². The van der Waals surface area contributed by atoms with Crippen molar-refractivity contribution in [2.45, 2.75) is 6.54 Å². The molecule has 1 aliphatic carbocycles. The van der Waals surface area contributed by atoms with Crippen LogP contribution in [0.25, 0.3) is 11.1 Å². The fourth-order valence-corrected chi connectivity index (χ4v) is 4.36. The van der Waals surface area contributed by atoms with Crippen molar-refractivity contribution < 1.29 is 14.3 Å². The summed E-state index contributed by atoms with van der Waals surface area (Å²) in [6.07, 6.45) is 0. The predicted molar refractivity (Wildman–Crippen MR) is 121 cm³/mol. The average molecular weight is 412 g/mol. The standard InChI is InChI=1S/C26H24N2O3/c1-27(17-18-6-9-20(10-7-18)28-12-14-31-15-13-28)26(30)19-8-11-22-21-4-2-3-5-23(21)25(29)24(22)16-19/h2-11,16H,12-15,17H2,1H3. The zero-order chi connectivity index (χ0) is 21.4. The van der Waals surface area contributed by atoms with Gasteiger partial charge in [0.25, 0.3) is 5.91 Å². The smallest absolute Gasteiger partial charge is 0.253 e. The second-order valence-corrected chi connectivity index (χ2v) is 8.06. The average Bonchev–Trinajstić information content (AvgIpc) is 3.11. The molecular formula is C26H24N2O3. The first-order chi connectivity index (χ1) is 15.1. The molecule has 156 valence electrons. The van der Waals surface area contributed by atoms with Crippen molar-refractivity contribution in [3.8, 4) is 11.1 Å². The molecule has 1 fully saturated rings. The van der Waals surface area contributed by atoms with Gasteiger partial charge in [-0.15, -0.1) is 0 Å². The maximum absolute atomic E-state index is 13.0. The van der Waals surface area contributed by atoms with Gasteiger partial charge in [-0.2, -0.15) is 0 Å². The van der Waals surface area contributed by atoms with Gasteiger partial charge in [-0.1, -0.05) is 42.5 Å². The zero-order valence-electron chi connectivity index (χ0n) is 17.5. The molecule has 5 nitrogen and oxygen atoms in total. The molecule has 0 atom stereocenters. The van der Waals surface area contributed by atoms with Gasteiger partial charge in [0.05, 0.1) is 13.2 Å². The predicted octanol–water partition coefficient (Wildman–Crippen LogP) is 4.01. The number of nitrogens with zero attached hydrogens (tertiary/aromatic N) is 2. The maximum Gasteiger partial charge on any atom is 0.253 e. The van der Waals surface area contributed by atoms with Crippen LogP contribution in [0.5, 0.6) is 0 Å². The Kier molecular flexibility index (Phi) is 5.04. The summed E-state index contributed by atoms with van der Waals surface area (Å²) < 4.78 is 5.41. The van der Waals surface area contributed by atoms with Crippen LogP contribution in [0.2, 0.25) is 0 Å². The summed E-state index contributed by atoms with van der Waals surface area (Å²) in [5.41, 5.74) is 5.93. The van der Waals surface area contributed by atoms with Crippen LogP contribution in [0.15, 0.2) is 66.7 Å². The zero-order valence-corrected chi connectivity index (χ0v) is 17.5. The molecule has 1 aliphatic heterocycles. The van der Waals surface area contributed by atoms with Gasteiger partial charge in [-0.25, -0.2) is 0 Å². The molecule has 1 amide bonds. The van der Waals surface area contributed by atoms with Crippen LogP contribution >= 0.6 is 0 Å². The Labute approximate surface area is 181 Å². The normalized spacial score (nSPS) is 14.9. The van der Waals surface area contributed by atoms with Crippen molar-refractivity contribution in [2.24, 2.45) is 0 Å². The first-order valence-corrected chi connectivity index (χ1v) is 10.6. The first-order valence-electron chi connectivity index (χ1n) is 10.6. The largest absolute Gasteiger partial charge is 0.378 e. The number of fused-ring (bicyclic) bond motifs is 3. The lowest BCUT2D eigenvalue weighted by Crippen LogP contribution is -2.36. The number of ketones is 1. The van der Waals surface area contributed by atoms with E-state index in [9.17, 15) is 9.59 Å². The molecule has 0 unspecified atom stereocenters. The molecular weight excluding hydrogens is 388 g/mol. The number of anilines is 1. The number of carbonyl (C=O) groups is 2. The molecule has 0 N–H and O–H groups in total. The highest BCUT2D eigenvalue weighted by atomic mass is 16.5. The van der Waals surface area contributed by atoms with E-state index in [1.807, 2.05) is 36.4 Å². The van der Waals surface area contributed by atoms with Crippen LogP contribution in [-0.2, 0) is 11.3 Å². The lowest BCUT2D eigenvalue weighted by atomic mass is 10.0. The fraction of sp³-hybridized carbons (Fsp3) is 0.231. The SMILES string of the molecule is CN(Cc1ccc(N2CCOCC2)cc1)C(=O)c1ccc2c(c1)C(=O)c1ccccc1-2. The number of benzene rings is 3. The van der Waals surface area contributed by atoms with E-state index in [1.165, 1.54) is 5.69 Å². The topological polar surface area (TPSA) is 49.9 Å². The molecule has 1 saturated heterocycles. The Morgan fingerprint density at radius 2 is 1.58 bits per heavy atom. The minimum Gasteiger partial charge on any atom is -0.378 e. The Balaban J connectivity index is 1.30.